The summed E-state index contributed by atoms with van der Waals surface area (Å²) in [5, 5.41) is 0. The van der Waals surface area contributed by atoms with Crippen molar-refractivity contribution < 1.29 is 14.3 Å². The Balaban J connectivity index is 1.88. The van der Waals surface area contributed by atoms with Crippen molar-refractivity contribution in [2.45, 2.75) is 25.9 Å². The molecule has 0 saturated carbocycles. The lowest BCUT2D eigenvalue weighted by molar-refractivity contribution is -0.123. The summed E-state index contributed by atoms with van der Waals surface area (Å²) in [5.41, 5.74) is 0. The van der Waals surface area contributed by atoms with Crippen LogP contribution in [0.15, 0.2) is 0 Å². The highest BCUT2D eigenvalue weighted by molar-refractivity contribution is 5.79. The van der Waals surface area contributed by atoms with Crippen molar-refractivity contribution in [1.82, 2.24) is 0 Å². The normalized spacial score (nSPS) is 21.7. The molecule has 0 aromatic carbocycles. The Morgan fingerprint density at radius 1 is 1.73 bits per heavy atom. The van der Waals surface area contributed by atoms with E-state index in [0.29, 0.717) is 13.0 Å². The van der Waals surface area contributed by atoms with Crippen LogP contribution in [0.5, 0.6) is 0 Å². The first kappa shape index (κ1) is 8.68. The molecule has 0 spiro atoms. The van der Waals surface area contributed by atoms with Crippen LogP contribution in [0.25, 0.3) is 0 Å². The van der Waals surface area contributed by atoms with Gasteiger partial charge in [0.1, 0.15) is 12.7 Å². The first-order valence-electron chi connectivity index (χ1n) is 4.04. The third kappa shape index (κ3) is 4.11. The highest BCUT2D eigenvalue weighted by Crippen LogP contribution is 2.08. The highest BCUT2D eigenvalue weighted by Gasteiger charge is 2.22. The SMILES string of the molecule is CCCC(=O)COCC1CO1. The molecule has 1 heterocycles. The van der Waals surface area contributed by atoms with Crippen LogP contribution >= 0.6 is 0 Å². The molecular formula is C8H14O3. The number of hydrogen-bond acceptors (Lipinski definition) is 3. The zero-order valence-corrected chi connectivity index (χ0v) is 6.84. The zero-order valence-electron chi connectivity index (χ0n) is 6.84. The molecule has 0 aliphatic carbocycles. The third-order valence-corrected chi connectivity index (χ3v) is 1.50. The maximum Gasteiger partial charge on any atom is 0.158 e. The summed E-state index contributed by atoms with van der Waals surface area (Å²) in [4.78, 5) is 10.9. The first-order chi connectivity index (χ1) is 5.33. The molecule has 64 valence electrons. The molecule has 0 aromatic rings. The molecule has 11 heavy (non-hydrogen) atoms. The molecule has 3 nitrogen and oxygen atoms in total. The fourth-order valence-electron chi connectivity index (χ4n) is 0.819. The number of hydrogen-bond donors (Lipinski definition) is 0. The summed E-state index contributed by atoms with van der Waals surface area (Å²) in [7, 11) is 0. The zero-order chi connectivity index (χ0) is 8.10. The molecular weight excluding hydrogens is 144 g/mol. The van der Waals surface area contributed by atoms with Crippen molar-refractivity contribution >= 4 is 5.78 Å². The molecule has 0 radical (unpaired) electrons. The number of carbonyl (C=O) groups excluding carboxylic acids is 1. The monoisotopic (exact) mass is 158 g/mol. The van der Waals surface area contributed by atoms with Gasteiger partial charge in [0, 0.05) is 6.42 Å². The van der Waals surface area contributed by atoms with E-state index in [9.17, 15) is 4.79 Å². The fraction of sp³-hybridized carbons (Fsp3) is 0.875. The van der Waals surface area contributed by atoms with Gasteiger partial charge in [-0.2, -0.15) is 0 Å². The molecule has 3 heteroatoms. The van der Waals surface area contributed by atoms with Gasteiger partial charge in [0.05, 0.1) is 13.2 Å². The highest BCUT2D eigenvalue weighted by atomic mass is 16.6. The Morgan fingerprint density at radius 3 is 3.00 bits per heavy atom. The van der Waals surface area contributed by atoms with Crippen LogP contribution in [0, 0.1) is 0 Å². The standard InChI is InChI=1S/C8H14O3/c1-2-3-7(9)4-10-5-8-6-11-8/h8H,2-6H2,1H3. The van der Waals surface area contributed by atoms with Gasteiger partial charge in [0.2, 0.25) is 0 Å². The maximum atomic E-state index is 10.9. The molecule has 0 aromatic heterocycles. The minimum atomic E-state index is 0.188. The van der Waals surface area contributed by atoms with E-state index in [4.69, 9.17) is 9.47 Å². The van der Waals surface area contributed by atoms with Gasteiger partial charge in [0.25, 0.3) is 0 Å². The second-order valence-corrected chi connectivity index (χ2v) is 2.76. The predicted octanol–water partition coefficient (Wildman–Crippen LogP) is 0.771. The smallest absolute Gasteiger partial charge is 0.158 e. The van der Waals surface area contributed by atoms with Crippen LogP contribution in [0.1, 0.15) is 19.8 Å². The summed E-state index contributed by atoms with van der Waals surface area (Å²) in [6.07, 6.45) is 1.80. The number of rotatable bonds is 6. The third-order valence-electron chi connectivity index (χ3n) is 1.50. The van der Waals surface area contributed by atoms with E-state index in [-0.39, 0.29) is 18.5 Å². The van der Waals surface area contributed by atoms with Gasteiger partial charge in [-0.05, 0) is 6.42 Å². The Morgan fingerprint density at radius 2 is 2.45 bits per heavy atom. The number of ketones is 1. The van der Waals surface area contributed by atoms with E-state index in [0.717, 1.165) is 13.0 Å². The number of Topliss-reactive ketones (excluding diaryl/α,β-unsaturated/α-hetero) is 1. The van der Waals surface area contributed by atoms with Gasteiger partial charge in [-0.25, -0.2) is 0 Å². The van der Waals surface area contributed by atoms with Crippen molar-refractivity contribution in [3.8, 4) is 0 Å². The van der Waals surface area contributed by atoms with Gasteiger partial charge in [-0.1, -0.05) is 6.92 Å². The Labute approximate surface area is 66.7 Å². The predicted molar refractivity (Wildman–Crippen MR) is 40.5 cm³/mol. The minimum Gasteiger partial charge on any atom is -0.371 e. The van der Waals surface area contributed by atoms with E-state index in [1.165, 1.54) is 0 Å². The van der Waals surface area contributed by atoms with Gasteiger partial charge in [0.15, 0.2) is 5.78 Å². The average molecular weight is 158 g/mol. The molecule has 1 unspecified atom stereocenters. The van der Waals surface area contributed by atoms with Gasteiger partial charge < -0.3 is 9.47 Å². The second-order valence-electron chi connectivity index (χ2n) is 2.76. The van der Waals surface area contributed by atoms with Crippen LogP contribution in [-0.4, -0.2) is 31.7 Å². The van der Waals surface area contributed by atoms with E-state index in [1.54, 1.807) is 0 Å². The average Bonchev–Trinajstić information content (AvgIpc) is 2.72. The molecule has 1 saturated heterocycles. The van der Waals surface area contributed by atoms with Crippen LogP contribution in [0.2, 0.25) is 0 Å². The summed E-state index contributed by atoms with van der Waals surface area (Å²) in [6.45, 7) is 3.62. The lowest BCUT2D eigenvalue weighted by atomic mass is 10.2. The second kappa shape index (κ2) is 4.46. The molecule has 0 amide bonds. The summed E-state index contributed by atoms with van der Waals surface area (Å²) < 4.78 is 10.0. The van der Waals surface area contributed by atoms with Gasteiger partial charge in [-0.15, -0.1) is 0 Å². The molecule has 1 fully saturated rings. The quantitative estimate of drug-likeness (QED) is 0.536. The first-order valence-corrected chi connectivity index (χ1v) is 4.04. The van der Waals surface area contributed by atoms with Gasteiger partial charge in [-0.3, -0.25) is 4.79 Å². The molecule has 1 aliphatic rings. The topological polar surface area (TPSA) is 38.8 Å². The van der Waals surface area contributed by atoms with Crippen LogP contribution < -0.4 is 0 Å². The molecule has 1 aliphatic heterocycles. The van der Waals surface area contributed by atoms with E-state index < -0.39 is 0 Å². The maximum absolute atomic E-state index is 10.9. The van der Waals surface area contributed by atoms with E-state index >= 15 is 0 Å². The summed E-state index contributed by atoms with van der Waals surface area (Å²) in [5.74, 6) is 0.188. The van der Waals surface area contributed by atoms with E-state index in [1.807, 2.05) is 6.92 Å². The Hall–Kier alpha value is -0.410. The van der Waals surface area contributed by atoms with Gasteiger partial charge >= 0.3 is 0 Å². The van der Waals surface area contributed by atoms with Crippen molar-refractivity contribution in [2.75, 3.05) is 19.8 Å². The van der Waals surface area contributed by atoms with Crippen molar-refractivity contribution in [3.63, 3.8) is 0 Å². The summed E-state index contributed by atoms with van der Waals surface area (Å²) in [6, 6.07) is 0. The van der Waals surface area contributed by atoms with Crippen molar-refractivity contribution in [3.05, 3.63) is 0 Å². The molecule has 1 atom stereocenters. The number of ether oxygens (including phenoxy) is 2. The summed E-state index contributed by atoms with van der Waals surface area (Å²) >= 11 is 0. The van der Waals surface area contributed by atoms with Crippen molar-refractivity contribution in [1.29, 1.82) is 0 Å². The Kier molecular flexibility index (Phi) is 3.52. The minimum absolute atomic E-state index is 0.188. The Bertz CT molecular complexity index is 129. The fourth-order valence-corrected chi connectivity index (χ4v) is 0.819. The molecule has 0 N–H and O–H groups in total. The van der Waals surface area contributed by atoms with Crippen LogP contribution in [0.3, 0.4) is 0 Å². The lowest BCUT2D eigenvalue weighted by Gasteiger charge is -1.98. The van der Waals surface area contributed by atoms with E-state index in [2.05, 4.69) is 0 Å². The lowest BCUT2D eigenvalue weighted by Crippen LogP contribution is -2.11. The molecule has 1 rings (SSSR count). The molecule has 0 bridgehead atoms. The van der Waals surface area contributed by atoms with Crippen LogP contribution in [-0.2, 0) is 14.3 Å². The van der Waals surface area contributed by atoms with Crippen molar-refractivity contribution in [2.24, 2.45) is 0 Å². The largest absolute Gasteiger partial charge is 0.371 e. The number of epoxide rings is 1. The van der Waals surface area contributed by atoms with Crippen LogP contribution in [0.4, 0.5) is 0 Å². The number of carbonyl (C=O) groups is 1.